The topological polar surface area (TPSA) is 66.9 Å². The molecule has 4 rings (SSSR count). The monoisotopic (exact) mass is 412 g/mol. The van der Waals surface area contributed by atoms with Gasteiger partial charge >= 0.3 is 5.97 Å². The van der Waals surface area contributed by atoms with E-state index in [-0.39, 0.29) is 23.7 Å². The van der Waals surface area contributed by atoms with Gasteiger partial charge in [0.1, 0.15) is 11.6 Å². The van der Waals surface area contributed by atoms with Gasteiger partial charge in [0.15, 0.2) is 0 Å². The molecule has 3 aliphatic rings. The lowest BCUT2D eigenvalue weighted by Crippen LogP contribution is -2.53. The number of nitrogens with zero attached hydrogens (tertiary/aromatic N) is 2. The Morgan fingerprint density at radius 2 is 1.83 bits per heavy atom. The molecule has 3 atom stereocenters. The Balaban J connectivity index is 1.56. The number of benzene rings is 1. The van der Waals surface area contributed by atoms with Crippen LogP contribution in [0.25, 0.3) is 0 Å². The van der Waals surface area contributed by atoms with Crippen LogP contribution in [0.4, 0.5) is 0 Å². The van der Waals surface area contributed by atoms with Crippen LogP contribution in [0.2, 0.25) is 0 Å². The van der Waals surface area contributed by atoms with Crippen molar-refractivity contribution in [2.45, 2.75) is 71.6 Å². The maximum atomic E-state index is 13.6. The summed E-state index contributed by atoms with van der Waals surface area (Å²) in [5, 5.41) is 0. The lowest BCUT2D eigenvalue weighted by Gasteiger charge is -2.37. The summed E-state index contributed by atoms with van der Waals surface area (Å²) in [6.07, 6.45) is 3.21. The Kier molecular flexibility index (Phi) is 5.15. The van der Waals surface area contributed by atoms with Crippen LogP contribution < -0.4 is 0 Å². The molecule has 162 valence electrons. The summed E-state index contributed by atoms with van der Waals surface area (Å²) in [6, 6.07) is 7.48. The number of hydrogen-bond donors (Lipinski definition) is 0. The fourth-order valence-electron chi connectivity index (χ4n) is 5.46. The molecular weight excluding hydrogens is 380 g/mol. The maximum absolute atomic E-state index is 13.6. The van der Waals surface area contributed by atoms with E-state index in [0.717, 1.165) is 30.4 Å². The lowest BCUT2D eigenvalue weighted by atomic mass is 9.80. The summed E-state index contributed by atoms with van der Waals surface area (Å²) in [5.41, 5.74) is 1.07. The molecule has 1 aromatic rings. The first-order chi connectivity index (χ1) is 14.1. The van der Waals surface area contributed by atoms with Crippen molar-refractivity contribution in [3.8, 4) is 0 Å². The van der Waals surface area contributed by atoms with Crippen LogP contribution in [0, 0.1) is 11.3 Å². The first-order valence-electron chi connectivity index (χ1n) is 11.0. The third kappa shape index (κ3) is 3.61. The molecule has 2 heterocycles. The number of likely N-dealkylation sites (tertiary alicyclic amines) is 1. The molecule has 1 saturated heterocycles. The van der Waals surface area contributed by atoms with Crippen molar-refractivity contribution in [2.75, 3.05) is 13.1 Å². The second kappa shape index (κ2) is 7.40. The standard InChI is InChI=1S/C24H32N2O4/c1-16(27)26-13-18-9-6-5-8-17(18)12-20(26)21(28)25-14-19-10-7-11-24(19,15-25)22(29)30-23(2,3)4/h5-6,8-9,19-20H,7,10-15H2,1-4H3/t19-,20+,24+/m0/s1. The van der Waals surface area contributed by atoms with Crippen LogP contribution >= 0.6 is 0 Å². The van der Waals surface area contributed by atoms with Gasteiger partial charge in [0.2, 0.25) is 11.8 Å². The van der Waals surface area contributed by atoms with E-state index in [1.165, 1.54) is 6.92 Å². The number of fused-ring (bicyclic) bond motifs is 2. The molecule has 30 heavy (non-hydrogen) atoms. The Hall–Kier alpha value is -2.37. The van der Waals surface area contributed by atoms with Gasteiger partial charge in [0.05, 0.1) is 5.41 Å². The number of amides is 2. The molecule has 1 saturated carbocycles. The largest absolute Gasteiger partial charge is 0.459 e. The van der Waals surface area contributed by atoms with Crippen LogP contribution in [0.1, 0.15) is 58.1 Å². The van der Waals surface area contributed by atoms with E-state index in [1.54, 1.807) is 4.90 Å². The quantitative estimate of drug-likeness (QED) is 0.701. The van der Waals surface area contributed by atoms with Gasteiger partial charge in [0.25, 0.3) is 0 Å². The number of carbonyl (C=O) groups is 3. The van der Waals surface area contributed by atoms with Gasteiger partial charge in [-0.1, -0.05) is 30.7 Å². The van der Waals surface area contributed by atoms with Crippen molar-refractivity contribution in [2.24, 2.45) is 11.3 Å². The zero-order chi connectivity index (χ0) is 21.7. The van der Waals surface area contributed by atoms with Gasteiger partial charge in [-0.15, -0.1) is 0 Å². The van der Waals surface area contributed by atoms with Gasteiger partial charge in [-0.25, -0.2) is 0 Å². The van der Waals surface area contributed by atoms with Crippen LogP contribution in [0.15, 0.2) is 24.3 Å². The minimum Gasteiger partial charge on any atom is -0.459 e. The van der Waals surface area contributed by atoms with E-state index >= 15 is 0 Å². The Morgan fingerprint density at radius 3 is 2.50 bits per heavy atom. The molecule has 0 spiro atoms. The predicted octanol–water partition coefficient (Wildman–Crippen LogP) is 2.93. The molecule has 6 nitrogen and oxygen atoms in total. The summed E-state index contributed by atoms with van der Waals surface area (Å²) in [6.45, 7) is 8.59. The van der Waals surface area contributed by atoms with E-state index in [0.29, 0.717) is 26.1 Å². The molecule has 2 amide bonds. The Morgan fingerprint density at radius 1 is 1.13 bits per heavy atom. The number of rotatable bonds is 2. The van der Waals surface area contributed by atoms with Gasteiger partial charge < -0.3 is 14.5 Å². The van der Waals surface area contributed by atoms with E-state index in [9.17, 15) is 14.4 Å². The summed E-state index contributed by atoms with van der Waals surface area (Å²) in [4.78, 5) is 42.6. The zero-order valence-electron chi connectivity index (χ0n) is 18.4. The molecule has 0 bridgehead atoms. The van der Waals surface area contributed by atoms with Gasteiger partial charge in [0, 0.05) is 33.0 Å². The van der Waals surface area contributed by atoms with Crippen molar-refractivity contribution < 1.29 is 19.1 Å². The van der Waals surface area contributed by atoms with Gasteiger partial charge in [-0.3, -0.25) is 14.4 Å². The smallest absolute Gasteiger partial charge is 0.314 e. The molecule has 0 unspecified atom stereocenters. The average molecular weight is 413 g/mol. The normalized spacial score (nSPS) is 28.1. The Bertz CT molecular complexity index is 874. The first kappa shape index (κ1) is 20.9. The highest BCUT2D eigenvalue weighted by molar-refractivity contribution is 5.89. The minimum atomic E-state index is -0.601. The van der Waals surface area contributed by atoms with Gasteiger partial charge in [-0.05, 0) is 50.7 Å². The third-order valence-corrected chi connectivity index (χ3v) is 6.93. The molecule has 1 aromatic carbocycles. The Labute approximate surface area is 178 Å². The summed E-state index contributed by atoms with van der Waals surface area (Å²) in [7, 11) is 0. The molecule has 0 N–H and O–H groups in total. The highest BCUT2D eigenvalue weighted by Gasteiger charge is 2.57. The second-order valence-electron chi connectivity index (χ2n) is 10.1. The van der Waals surface area contributed by atoms with Crippen LogP contribution in [-0.2, 0) is 32.1 Å². The maximum Gasteiger partial charge on any atom is 0.314 e. The molecule has 2 fully saturated rings. The number of esters is 1. The zero-order valence-corrected chi connectivity index (χ0v) is 18.4. The fourth-order valence-corrected chi connectivity index (χ4v) is 5.46. The van der Waals surface area contributed by atoms with Crippen LogP contribution in [-0.4, -0.2) is 52.3 Å². The van der Waals surface area contributed by atoms with Crippen molar-refractivity contribution in [3.05, 3.63) is 35.4 Å². The number of ether oxygens (including phenoxy) is 1. The van der Waals surface area contributed by atoms with Crippen molar-refractivity contribution >= 4 is 17.8 Å². The molecular formula is C24H32N2O4. The van der Waals surface area contributed by atoms with Crippen molar-refractivity contribution in [1.29, 1.82) is 0 Å². The predicted molar refractivity (Wildman–Crippen MR) is 112 cm³/mol. The lowest BCUT2D eigenvalue weighted by molar-refractivity contribution is -0.168. The summed E-state index contributed by atoms with van der Waals surface area (Å²) >= 11 is 0. The van der Waals surface area contributed by atoms with Crippen molar-refractivity contribution in [1.82, 2.24) is 9.80 Å². The second-order valence-corrected chi connectivity index (χ2v) is 10.1. The van der Waals surface area contributed by atoms with Gasteiger partial charge in [-0.2, -0.15) is 0 Å². The van der Waals surface area contributed by atoms with E-state index < -0.39 is 17.1 Å². The van der Waals surface area contributed by atoms with Crippen molar-refractivity contribution in [3.63, 3.8) is 0 Å². The van der Waals surface area contributed by atoms with E-state index in [1.807, 2.05) is 49.9 Å². The summed E-state index contributed by atoms with van der Waals surface area (Å²) < 4.78 is 5.76. The van der Waals surface area contributed by atoms with Crippen LogP contribution in [0.3, 0.4) is 0 Å². The van der Waals surface area contributed by atoms with E-state index in [2.05, 4.69) is 0 Å². The fraction of sp³-hybridized carbons (Fsp3) is 0.625. The molecule has 0 aromatic heterocycles. The third-order valence-electron chi connectivity index (χ3n) is 6.93. The number of hydrogen-bond acceptors (Lipinski definition) is 4. The van der Waals surface area contributed by atoms with E-state index in [4.69, 9.17) is 4.74 Å². The molecule has 1 aliphatic carbocycles. The highest BCUT2D eigenvalue weighted by atomic mass is 16.6. The SMILES string of the molecule is CC(=O)N1Cc2ccccc2C[C@@H]1C(=O)N1C[C@@H]2CCC[C@@]2(C(=O)OC(C)(C)C)C1. The molecule has 0 radical (unpaired) electrons. The van der Waals surface area contributed by atoms with Crippen LogP contribution in [0.5, 0.6) is 0 Å². The highest BCUT2D eigenvalue weighted by Crippen LogP contribution is 2.50. The minimum absolute atomic E-state index is 0.0444. The number of carbonyl (C=O) groups excluding carboxylic acids is 3. The molecule has 2 aliphatic heterocycles. The first-order valence-corrected chi connectivity index (χ1v) is 11.0. The summed E-state index contributed by atoms with van der Waals surface area (Å²) in [5.74, 6) is -0.177. The molecule has 6 heteroatoms. The average Bonchev–Trinajstić information content (AvgIpc) is 3.23.